The number of aliphatic carboxylic acids is 1. The number of phosphoric acid groups is 1. The molecule has 0 heterocycles. The molecule has 0 aliphatic carbocycles. The van der Waals surface area contributed by atoms with Crippen LogP contribution in [-0.4, -0.2) is 59.9 Å². The number of carbonyl (C=O) groups excluding carboxylic acids is 2. The summed E-state index contributed by atoms with van der Waals surface area (Å²) in [7, 11) is -4.71. The third-order valence-corrected chi connectivity index (χ3v) is 8.51. The van der Waals surface area contributed by atoms with Gasteiger partial charge in [-0.15, -0.1) is 0 Å². The number of hydrogen-bond donors (Lipinski definition) is 3. The minimum Gasteiger partial charge on any atom is -0.480 e. The van der Waals surface area contributed by atoms with Gasteiger partial charge >= 0.3 is 25.7 Å². The van der Waals surface area contributed by atoms with Crippen molar-refractivity contribution in [2.24, 2.45) is 5.73 Å². The van der Waals surface area contributed by atoms with Gasteiger partial charge in [-0.2, -0.15) is 0 Å². The van der Waals surface area contributed by atoms with Crippen molar-refractivity contribution in [2.75, 3.05) is 19.8 Å². The van der Waals surface area contributed by atoms with Crippen molar-refractivity contribution < 1.29 is 47.5 Å². The van der Waals surface area contributed by atoms with Gasteiger partial charge in [0.2, 0.25) is 0 Å². The van der Waals surface area contributed by atoms with E-state index in [2.05, 4.69) is 67.0 Å². The fraction of sp³-hybridized carbons (Fsp3) is 0.711. The van der Waals surface area contributed by atoms with E-state index < -0.39 is 51.1 Å². The van der Waals surface area contributed by atoms with Crippen LogP contribution >= 0.6 is 7.82 Å². The Kier molecular flexibility index (Phi) is 31.9. The molecule has 0 saturated carbocycles. The Morgan fingerprint density at radius 1 is 0.640 bits per heavy atom. The van der Waals surface area contributed by atoms with Gasteiger partial charge in [-0.25, -0.2) is 4.57 Å². The average molecular weight is 728 g/mol. The summed E-state index contributed by atoms with van der Waals surface area (Å²) in [5.41, 5.74) is 5.31. The molecular weight excluding hydrogens is 661 g/mol. The lowest BCUT2D eigenvalue weighted by molar-refractivity contribution is -0.161. The first-order valence-electron chi connectivity index (χ1n) is 18.7. The Morgan fingerprint density at radius 2 is 1.12 bits per heavy atom. The van der Waals surface area contributed by atoms with Crippen LogP contribution in [0.2, 0.25) is 0 Å². The first-order chi connectivity index (χ1) is 24.1. The van der Waals surface area contributed by atoms with Crippen LogP contribution in [0.25, 0.3) is 0 Å². The summed E-state index contributed by atoms with van der Waals surface area (Å²) in [4.78, 5) is 45.7. The summed E-state index contributed by atoms with van der Waals surface area (Å²) in [6, 6.07) is -1.52. The van der Waals surface area contributed by atoms with Gasteiger partial charge in [0.25, 0.3) is 0 Å². The van der Waals surface area contributed by atoms with Crippen molar-refractivity contribution in [1.29, 1.82) is 0 Å². The SMILES string of the molecule is CCC=CCC=CCC=CCCCCCCCC(=O)OCC(COP(=O)(O)OCC(N)C(=O)O)OC(=O)CCCCCCCC=CCCCC. The van der Waals surface area contributed by atoms with Gasteiger partial charge in [0, 0.05) is 12.8 Å². The van der Waals surface area contributed by atoms with E-state index >= 15 is 0 Å². The Labute approximate surface area is 301 Å². The second-order valence-corrected chi connectivity index (χ2v) is 13.8. The van der Waals surface area contributed by atoms with E-state index in [0.29, 0.717) is 12.8 Å². The molecule has 0 fully saturated rings. The molecule has 0 aromatic rings. The van der Waals surface area contributed by atoms with E-state index in [1.165, 1.54) is 12.8 Å². The fourth-order valence-electron chi connectivity index (χ4n) is 4.59. The van der Waals surface area contributed by atoms with Crippen LogP contribution in [0.1, 0.15) is 142 Å². The molecule has 3 atom stereocenters. The quantitative estimate of drug-likeness (QED) is 0.0250. The van der Waals surface area contributed by atoms with Gasteiger partial charge < -0.3 is 25.2 Å². The van der Waals surface area contributed by atoms with Crippen LogP contribution in [0.15, 0.2) is 48.6 Å². The van der Waals surface area contributed by atoms with Crippen LogP contribution in [0.5, 0.6) is 0 Å². The molecule has 0 aliphatic rings. The topological polar surface area (TPSA) is 172 Å². The standard InChI is InChI=1S/C38H66NO10P/c1-3-5-7-9-11-13-15-16-17-18-20-21-23-25-27-29-36(40)46-31-34(32-47-50(44,45)48-33-35(39)38(42)43)49-37(41)30-28-26-24-22-19-14-12-10-8-6-4-2/h5,7,10-13,16-17,34-35H,3-4,6,8-9,14-15,18-33,39H2,1-2H3,(H,42,43)(H,44,45). The normalized spacial score (nSPS) is 14.5. The summed E-state index contributed by atoms with van der Waals surface area (Å²) < 4.78 is 32.5. The highest BCUT2D eigenvalue weighted by atomic mass is 31.2. The van der Waals surface area contributed by atoms with E-state index in [-0.39, 0.29) is 19.4 Å². The number of carbonyl (C=O) groups is 3. The molecule has 0 spiro atoms. The van der Waals surface area contributed by atoms with Crippen LogP contribution in [0.3, 0.4) is 0 Å². The van der Waals surface area contributed by atoms with Gasteiger partial charge in [-0.05, 0) is 64.2 Å². The van der Waals surface area contributed by atoms with E-state index in [1.54, 1.807) is 0 Å². The van der Waals surface area contributed by atoms with Gasteiger partial charge in [0.05, 0.1) is 13.2 Å². The Balaban J connectivity index is 4.48. The Morgan fingerprint density at radius 3 is 1.70 bits per heavy atom. The molecule has 0 rings (SSSR count). The van der Waals surface area contributed by atoms with E-state index in [4.69, 9.17) is 24.8 Å². The number of hydrogen-bond acceptors (Lipinski definition) is 9. The molecule has 12 heteroatoms. The van der Waals surface area contributed by atoms with E-state index in [1.807, 2.05) is 0 Å². The summed E-state index contributed by atoms with van der Waals surface area (Å²) in [6.45, 7) is 2.59. The largest absolute Gasteiger partial charge is 0.480 e. The molecule has 11 nitrogen and oxygen atoms in total. The summed E-state index contributed by atoms with van der Waals surface area (Å²) in [5.74, 6) is -2.42. The predicted molar refractivity (Wildman–Crippen MR) is 198 cm³/mol. The molecule has 0 bridgehead atoms. The molecule has 4 N–H and O–H groups in total. The number of allylic oxidation sites excluding steroid dienone is 8. The van der Waals surface area contributed by atoms with Crippen LogP contribution in [0.4, 0.5) is 0 Å². The van der Waals surface area contributed by atoms with Crippen molar-refractivity contribution in [1.82, 2.24) is 0 Å². The minimum atomic E-state index is -4.71. The summed E-state index contributed by atoms with van der Waals surface area (Å²) in [5, 5.41) is 8.85. The van der Waals surface area contributed by atoms with Gasteiger partial charge in [0.1, 0.15) is 12.6 Å². The van der Waals surface area contributed by atoms with Crippen molar-refractivity contribution in [3.05, 3.63) is 48.6 Å². The van der Waals surface area contributed by atoms with Crippen LogP contribution in [0, 0.1) is 0 Å². The highest BCUT2D eigenvalue weighted by molar-refractivity contribution is 7.47. The highest BCUT2D eigenvalue weighted by Gasteiger charge is 2.28. The zero-order valence-corrected chi connectivity index (χ0v) is 31.6. The molecule has 288 valence electrons. The predicted octanol–water partition coefficient (Wildman–Crippen LogP) is 9.05. The number of carboxylic acids is 1. The molecule has 0 radical (unpaired) electrons. The lowest BCUT2D eigenvalue weighted by Crippen LogP contribution is -2.34. The van der Waals surface area contributed by atoms with Gasteiger partial charge in [-0.1, -0.05) is 114 Å². The minimum absolute atomic E-state index is 0.145. The smallest absolute Gasteiger partial charge is 0.472 e. The maximum absolute atomic E-state index is 12.5. The number of phosphoric ester groups is 1. The van der Waals surface area contributed by atoms with Crippen LogP contribution in [-0.2, 0) is 37.5 Å². The van der Waals surface area contributed by atoms with E-state index in [9.17, 15) is 23.8 Å². The number of esters is 2. The lowest BCUT2D eigenvalue weighted by atomic mass is 10.1. The summed E-state index contributed by atoms with van der Waals surface area (Å²) >= 11 is 0. The van der Waals surface area contributed by atoms with Crippen molar-refractivity contribution in [2.45, 2.75) is 154 Å². The number of rotatable bonds is 34. The highest BCUT2D eigenvalue weighted by Crippen LogP contribution is 2.43. The number of unbranched alkanes of at least 4 members (excludes halogenated alkanes) is 12. The van der Waals surface area contributed by atoms with Gasteiger partial charge in [-0.3, -0.25) is 23.4 Å². The monoisotopic (exact) mass is 727 g/mol. The Hall–Kier alpha value is -2.56. The molecule has 0 amide bonds. The zero-order chi connectivity index (χ0) is 37.1. The molecule has 0 saturated heterocycles. The lowest BCUT2D eigenvalue weighted by Gasteiger charge is -2.20. The second-order valence-electron chi connectivity index (χ2n) is 12.3. The fourth-order valence-corrected chi connectivity index (χ4v) is 5.37. The van der Waals surface area contributed by atoms with Crippen molar-refractivity contribution in [3.8, 4) is 0 Å². The molecule has 3 unspecified atom stereocenters. The number of nitrogens with two attached hydrogens (primary N) is 1. The third kappa shape index (κ3) is 32.6. The molecule has 0 aromatic heterocycles. The van der Waals surface area contributed by atoms with Crippen molar-refractivity contribution in [3.63, 3.8) is 0 Å². The summed E-state index contributed by atoms with van der Waals surface area (Å²) in [6.07, 6.45) is 34.7. The zero-order valence-electron chi connectivity index (χ0n) is 30.7. The average Bonchev–Trinajstić information content (AvgIpc) is 3.09. The molecule has 0 aromatic carbocycles. The number of carboxylic acid groups (broad SMARTS) is 1. The maximum atomic E-state index is 12.5. The molecular formula is C38H66NO10P. The Bertz CT molecular complexity index is 1040. The van der Waals surface area contributed by atoms with Gasteiger partial charge in [0.15, 0.2) is 6.10 Å². The molecule has 0 aliphatic heterocycles. The van der Waals surface area contributed by atoms with Crippen LogP contribution < -0.4 is 5.73 Å². The maximum Gasteiger partial charge on any atom is 0.472 e. The first kappa shape index (κ1) is 47.4. The first-order valence-corrected chi connectivity index (χ1v) is 20.2. The molecule has 50 heavy (non-hydrogen) atoms. The second kappa shape index (κ2) is 33.6. The van der Waals surface area contributed by atoms with E-state index in [0.717, 1.165) is 89.9 Å². The third-order valence-electron chi connectivity index (χ3n) is 7.56. The van der Waals surface area contributed by atoms with Crippen molar-refractivity contribution >= 4 is 25.7 Å². The number of ether oxygens (including phenoxy) is 2.